The average molecular weight is 194 g/mol. The highest BCUT2D eigenvalue weighted by Gasteiger charge is 1.82. The van der Waals surface area contributed by atoms with Gasteiger partial charge in [0, 0.05) is 0 Å². The van der Waals surface area contributed by atoms with Gasteiger partial charge < -0.3 is 0 Å². The van der Waals surface area contributed by atoms with Crippen LogP contribution in [0.2, 0.25) is 0 Å². The molecule has 0 bridgehead atoms. The Kier molecular flexibility index (Phi) is 5.88. The molecule has 0 saturated heterocycles. The quantitative estimate of drug-likeness (QED) is 0.390. The average Bonchev–Trinajstić information content (AvgIpc) is 2.02. The summed E-state index contributed by atoms with van der Waals surface area (Å²) in [5.41, 5.74) is 0.983. The summed E-state index contributed by atoms with van der Waals surface area (Å²) in [4.78, 5) is 7.22. The van der Waals surface area contributed by atoms with E-state index in [-0.39, 0.29) is 0 Å². The molecule has 0 saturated carbocycles. The molecular weight excluding hydrogens is 188 g/mol. The first-order valence-corrected chi connectivity index (χ1v) is 3.74. The van der Waals surface area contributed by atoms with Crippen molar-refractivity contribution in [2.75, 3.05) is 0 Å². The molecule has 0 aliphatic rings. The number of aliphatic imine (C=N–C) groups is 2. The molecule has 12 heavy (non-hydrogen) atoms. The van der Waals surface area contributed by atoms with Gasteiger partial charge in [0.25, 0.3) is 0 Å². The van der Waals surface area contributed by atoms with E-state index in [1.807, 2.05) is 0 Å². The van der Waals surface area contributed by atoms with Crippen LogP contribution in [-0.2, 0) is 0 Å². The van der Waals surface area contributed by atoms with Crippen LogP contribution in [0.15, 0.2) is 46.7 Å². The van der Waals surface area contributed by atoms with E-state index in [0.717, 1.165) is 0 Å². The fourth-order valence-electron chi connectivity index (χ4n) is 0.384. The van der Waals surface area contributed by atoms with Gasteiger partial charge in [-0.3, -0.25) is 0 Å². The molecule has 0 rings (SSSR count). The lowest BCUT2D eigenvalue weighted by molar-refractivity contribution is 1.41. The van der Waals surface area contributed by atoms with Crippen LogP contribution in [0.25, 0.3) is 0 Å². The Balaban J connectivity index is 4.25. The second-order valence-corrected chi connectivity index (χ2v) is 2.09. The van der Waals surface area contributed by atoms with E-state index >= 15 is 0 Å². The van der Waals surface area contributed by atoms with Crippen LogP contribution >= 0.6 is 24.4 Å². The van der Waals surface area contributed by atoms with Gasteiger partial charge in [-0.05, 0) is 36.6 Å². The van der Waals surface area contributed by atoms with Crippen molar-refractivity contribution < 1.29 is 0 Å². The molecule has 0 heterocycles. The van der Waals surface area contributed by atoms with E-state index in [1.165, 1.54) is 0 Å². The third kappa shape index (κ3) is 5.59. The van der Waals surface area contributed by atoms with Crippen molar-refractivity contribution >= 4 is 34.8 Å². The smallest absolute Gasteiger partial charge is 0.0668 e. The van der Waals surface area contributed by atoms with Gasteiger partial charge in [-0.25, -0.2) is 0 Å². The summed E-state index contributed by atoms with van der Waals surface area (Å²) in [5.74, 6) is 0. The number of hydrogen-bond acceptors (Lipinski definition) is 4. The maximum atomic E-state index is 4.37. The Hall–Kier alpha value is -1.18. The molecule has 0 unspecified atom stereocenters. The standard InChI is InChI=1S/C8H6N2S2/c1-7(9-5-11)3-4-8(2)10-6-12/h3-4H,1-2H2/b4-3-. The van der Waals surface area contributed by atoms with Crippen LogP contribution in [0.4, 0.5) is 0 Å². The first kappa shape index (κ1) is 10.8. The van der Waals surface area contributed by atoms with Crippen molar-refractivity contribution in [3.8, 4) is 0 Å². The van der Waals surface area contributed by atoms with E-state index in [1.54, 1.807) is 12.2 Å². The van der Waals surface area contributed by atoms with Crippen LogP contribution in [0, 0.1) is 0 Å². The molecule has 0 aromatic carbocycles. The lowest BCUT2D eigenvalue weighted by Gasteiger charge is -1.85. The lowest BCUT2D eigenvalue weighted by atomic mass is 10.4. The summed E-state index contributed by atoms with van der Waals surface area (Å²) < 4.78 is 0. The predicted molar refractivity (Wildman–Crippen MR) is 57.5 cm³/mol. The van der Waals surface area contributed by atoms with Crippen molar-refractivity contribution in [2.45, 2.75) is 0 Å². The number of nitrogens with zero attached hydrogens (tertiary/aromatic N) is 2. The zero-order chi connectivity index (χ0) is 9.40. The summed E-state index contributed by atoms with van der Waals surface area (Å²) in [6.45, 7) is 7.13. The minimum Gasteiger partial charge on any atom is -0.195 e. The van der Waals surface area contributed by atoms with Gasteiger partial charge >= 0.3 is 0 Å². The summed E-state index contributed by atoms with van der Waals surface area (Å²) >= 11 is 8.75. The third-order valence-electron chi connectivity index (χ3n) is 0.847. The Morgan fingerprint density at radius 3 is 1.58 bits per heavy atom. The van der Waals surface area contributed by atoms with Crippen molar-refractivity contribution in [1.82, 2.24) is 0 Å². The molecule has 0 amide bonds. The molecule has 0 radical (unpaired) electrons. The summed E-state index contributed by atoms with van der Waals surface area (Å²) in [6.07, 6.45) is 3.22. The molecule has 0 spiro atoms. The van der Waals surface area contributed by atoms with Gasteiger partial charge in [-0.2, -0.15) is 9.98 Å². The topological polar surface area (TPSA) is 24.7 Å². The molecule has 4 heteroatoms. The second kappa shape index (κ2) is 6.53. The number of hydrogen-bond donors (Lipinski definition) is 0. The largest absolute Gasteiger partial charge is 0.195 e. The SMILES string of the molecule is C=C(/C=C\C(=C)N=C=S)N=C=S. The molecule has 0 aliphatic heterocycles. The fourth-order valence-corrected chi connectivity index (χ4v) is 0.619. The summed E-state index contributed by atoms with van der Waals surface area (Å²) in [7, 11) is 0. The second-order valence-electron chi connectivity index (χ2n) is 1.72. The minimum absolute atomic E-state index is 0.491. The van der Waals surface area contributed by atoms with E-state index in [4.69, 9.17) is 0 Å². The Morgan fingerprint density at radius 2 is 1.33 bits per heavy atom. The van der Waals surface area contributed by atoms with Gasteiger partial charge in [0.1, 0.15) is 0 Å². The van der Waals surface area contributed by atoms with Crippen LogP contribution in [0.1, 0.15) is 0 Å². The van der Waals surface area contributed by atoms with Crippen molar-refractivity contribution in [3.63, 3.8) is 0 Å². The van der Waals surface area contributed by atoms with Gasteiger partial charge in [0.2, 0.25) is 0 Å². The van der Waals surface area contributed by atoms with E-state index in [0.29, 0.717) is 11.4 Å². The Morgan fingerprint density at radius 1 is 1.00 bits per heavy atom. The molecular formula is C8H6N2S2. The number of rotatable bonds is 4. The normalized spacial score (nSPS) is 8.33. The van der Waals surface area contributed by atoms with Crippen LogP contribution in [0.5, 0.6) is 0 Å². The maximum absolute atomic E-state index is 4.37. The van der Waals surface area contributed by atoms with Gasteiger partial charge in [-0.1, -0.05) is 13.2 Å². The Labute approximate surface area is 81.7 Å². The lowest BCUT2D eigenvalue weighted by Crippen LogP contribution is -1.69. The zero-order valence-electron chi connectivity index (χ0n) is 6.28. The van der Waals surface area contributed by atoms with Crippen molar-refractivity contribution in [3.05, 3.63) is 36.7 Å². The molecule has 0 atom stereocenters. The monoisotopic (exact) mass is 194 g/mol. The first-order chi connectivity index (χ1) is 5.70. The summed E-state index contributed by atoms with van der Waals surface area (Å²) in [6, 6.07) is 0. The van der Waals surface area contributed by atoms with Gasteiger partial charge in [0.15, 0.2) is 0 Å². The Bertz CT molecular complexity index is 284. The molecule has 60 valence electrons. The molecule has 0 aliphatic carbocycles. The van der Waals surface area contributed by atoms with E-state index in [2.05, 4.69) is 57.9 Å². The van der Waals surface area contributed by atoms with Crippen LogP contribution in [0.3, 0.4) is 0 Å². The van der Waals surface area contributed by atoms with Gasteiger partial charge in [0.05, 0.1) is 21.7 Å². The fraction of sp³-hybridized carbons (Fsp3) is 0. The zero-order valence-corrected chi connectivity index (χ0v) is 7.91. The van der Waals surface area contributed by atoms with Gasteiger partial charge in [-0.15, -0.1) is 0 Å². The first-order valence-electron chi connectivity index (χ1n) is 2.92. The molecule has 0 fully saturated rings. The highest BCUT2D eigenvalue weighted by atomic mass is 32.1. The van der Waals surface area contributed by atoms with E-state index in [9.17, 15) is 0 Å². The van der Waals surface area contributed by atoms with Crippen LogP contribution < -0.4 is 0 Å². The van der Waals surface area contributed by atoms with E-state index < -0.39 is 0 Å². The maximum Gasteiger partial charge on any atom is 0.0668 e. The molecule has 2 nitrogen and oxygen atoms in total. The summed E-state index contributed by atoms with van der Waals surface area (Å²) in [5, 5.41) is 4.37. The highest BCUT2D eigenvalue weighted by molar-refractivity contribution is 7.78. The van der Waals surface area contributed by atoms with Crippen LogP contribution in [-0.4, -0.2) is 10.3 Å². The van der Waals surface area contributed by atoms with Crippen molar-refractivity contribution in [2.24, 2.45) is 9.98 Å². The molecule has 0 aromatic rings. The number of isothiocyanates is 2. The number of allylic oxidation sites excluding steroid dienone is 2. The number of thiocarbonyl (C=S) groups is 2. The third-order valence-corrected chi connectivity index (χ3v) is 1.03. The molecule has 0 N–H and O–H groups in total. The molecule has 0 aromatic heterocycles. The highest BCUT2D eigenvalue weighted by Crippen LogP contribution is 1.98. The minimum atomic E-state index is 0.491. The predicted octanol–water partition coefficient (Wildman–Crippen LogP) is 2.78. The van der Waals surface area contributed by atoms with Crippen molar-refractivity contribution in [1.29, 1.82) is 0 Å².